The maximum atomic E-state index is 13.1. The zero-order valence-electron chi connectivity index (χ0n) is 14.9. The molecule has 1 fully saturated rings. The summed E-state index contributed by atoms with van der Waals surface area (Å²) in [5.74, 6) is -0.124. The second-order valence-electron chi connectivity index (χ2n) is 7.14. The first-order chi connectivity index (χ1) is 13.2. The van der Waals surface area contributed by atoms with E-state index >= 15 is 0 Å². The molecule has 0 unspecified atom stereocenters. The average Bonchev–Trinajstić information content (AvgIpc) is 2.97. The van der Waals surface area contributed by atoms with Gasteiger partial charge in [0.1, 0.15) is 5.82 Å². The first-order valence-corrected chi connectivity index (χ1v) is 9.27. The molecule has 0 saturated carbocycles. The monoisotopic (exact) mass is 361 g/mol. The van der Waals surface area contributed by atoms with Crippen molar-refractivity contribution in [3.63, 3.8) is 0 Å². The quantitative estimate of drug-likeness (QED) is 0.711. The molecule has 0 aliphatic carbocycles. The van der Waals surface area contributed by atoms with Gasteiger partial charge < -0.3 is 4.90 Å². The van der Waals surface area contributed by atoms with Crippen molar-refractivity contribution >= 4 is 28.1 Å². The van der Waals surface area contributed by atoms with Gasteiger partial charge in [-0.1, -0.05) is 24.3 Å². The zero-order valence-corrected chi connectivity index (χ0v) is 14.9. The van der Waals surface area contributed by atoms with Crippen LogP contribution in [-0.2, 0) is 0 Å². The van der Waals surface area contributed by atoms with Crippen molar-refractivity contribution in [2.45, 2.75) is 0 Å². The molecular weight excluding hydrogens is 341 g/mol. The van der Waals surface area contributed by atoms with Crippen molar-refractivity contribution in [3.05, 3.63) is 72.0 Å². The van der Waals surface area contributed by atoms with Crippen molar-refractivity contribution in [2.75, 3.05) is 42.6 Å². The number of hydrogen-bond donors (Lipinski definition) is 0. The number of nitrogens with zero attached hydrogens (tertiary/aromatic N) is 3. The van der Waals surface area contributed by atoms with Gasteiger partial charge in [0.05, 0.1) is 12.4 Å². The Kier molecular flexibility index (Phi) is 3.83. The Labute approximate surface area is 157 Å². The second kappa shape index (κ2) is 6.35. The third-order valence-corrected chi connectivity index (χ3v) is 5.55. The lowest BCUT2D eigenvalue weighted by Crippen LogP contribution is -2.50. The molecule has 136 valence electrons. The highest BCUT2D eigenvalue weighted by Gasteiger charge is 2.31. The Balaban J connectivity index is 1.31. The molecule has 5 heteroatoms. The lowest BCUT2D eigenvalue weighted by atomic mass is 10.1. The van der Waals surface area contributed by atoms with Crippen LogP contribution < -0.4 is 9.80 Å². The van der Waals surface area contributed by atoms with E-state index < -0.39 is 0 Å². The van der Waals surface area contributed by atoms with E-state index in [9.17, 15) is 9.18 Å². The van der Waals surface area contributed by atoms with Crippen LogP contribution in [0.4, 0.5) is 15.8 Å². The van der Waals surface area contributed by atoms with Crippen molar-refractivity contribution in [1.29, 1.82) is 0 Å². The van der Waals surface area contributed by atoms with Crippen molar-refractivity contribution in [2.24, 2.45) is 0 Å². The SMILES string of the molecule is O=C1c2cccc3cccc(c23)N1CN1CCN(c2ccc(F)cc2)CC1. The first kappa shape index (κ1) is 16.3. The van der Waals surface area contributed by atoms with E-state index in [-0.39, 0.29) is 11.7 Å². The largest absolute Gasteiger partial charge is 0.369 e. The van der Waals surface area contributed by atoms with E-state index in [2.05, 4.69) is 21.9 Å². The van der Waals surface area contributed by atoms with E-state index in [1.54, 1.807) is 0 Å². The number of rotatable bonds is 3. The summed E-state index contributed by atoms with van der Waals surface area (Å²) >= 11 is 0. The molecule has 3 aromatic rings. The first-order valence-electron chi connectivity index (χ1n) is 9.27. The van der Waals surface area contributed by atoms with Crippen molar-refractivity contribution in [1.82, 2.24) is 4.90 Å². The zero-order chi connectivity index (χ0) is 18.4. The number of carbonyl (C=O) groups is 1. The highest BCUT2D eigenvalue weighted by molar-refractivity contribution is 6.24. The van der Waals surface area contributed by atoms with Crippen LogP contribution in [0.15, 0.2) is 60.7 Å². The van der Waals surface area contributed by atoms with Crippen LogP contribution in [-0.4, -0.2) is 43.7 Å². The van der Waals surface area contributed by atoms with Gasteiger partial charge in [-0.3, -0.25) is 14.6 Å². The molecule has 3 aromatic carbocycles. The van der Waals surface area contributed by atoms with Crippen LogP contribution in [0.5, 0.6) is 0 Å². The Hall–Kier alpha value is -2.92. The van der Waals surface area contributed by atoms with Gasteiger partial charge in [0.25, 0.3) is 5.91 Å². The number of piperazine rings is 1. The standard InChI is InChI=1S/C22H20FN3O/c23-17-7-9-18(10-8-17)25-13-11-24(12-14-25)15-26-20-6-2-4-16-3-1-5-19(21(16)20)22(26)27/h1-10H,11-15H2. The van der Waals surface area contributed by atoms with E-state index in [0.717, 1.165) is 53.9 Å². The molecule has 0 radical (unpaired) electrons. The van der Waals surface area contributed by atoms with E-state index in [0.29, 0.717) is 6.67 Å². The summed E-state index contributed by atoms with van der Waals surface area (Å²) in [5, 5.41) is 2.18. The molecule has 0 spiro atoms. The molecule has 5 rings (SSSR count). The highest BCUT2D eigenvalue weighted by Crippen LogP contribution is 2.37. The molecule has 1 saturated heterocycles. The number of hydrogen-bond acceptors (Lipinski definition) is 3. The molecule has 0 atom stereocenters. The fraction of sp³-hybridized carbons (Fsp3) is 0.227. The lowest BCUT2D eigenvalue weighted by Gasteiger charge is -2.37. The fourth-order valence-electron chi connectivity index (χ4n) is 4.12. The summed E-state index contributed by atoms with van der Waals surface area (Å²) in [6.07, 6.45) is 0. The van der Waals surface area contributed by atoms with Crippen molar-refractivity contribution in [3.8, 4) is 0 Å². The highest BCUT2D eigenvalue weighted by atomic mass is 19.1. The number of amides is 1. The van der Waals surface area contributed by atoms with Crippen molar-refractivity contribution < 1.29 is 9.18 Å². The van der Waals surface area contributed by atoms with Crippen LogP contribution in [0.2, 0.25) is 0 Å². The van der Waals surface area contributed by atoms with Gasteiger partial charge in [-0.2, -0.15) is 0 Å². The van der Waals surface area contributed by atoms with Gasteiger partial charge in [-0.15, -0.1) is 0 Å². The minimum atomic E-state index is -0.210. The van der Waals surface area contributed by atoms with Gasteiger partial charge >= 0.3 is 0 Å². The van der Waals surface area contributed by atoms with Gasteiger partial charge in [-0.25, -0.2) is 4.39 Å². The number of anilines is 2. The van der Waals surface area contributed by atoms with Gasteiger partial charge in [0, 0.05) is 42.8 Å². The van der Waals surface area contributed by atoms with Gasteiger partial charge in [0.15, 0.2) is 0 Å². The summed E-state index contributed by atoms with van der Waals surface area (Å²) < 4.78 is 13.1. The van der Waals surface area contributed by atoms with Crippen LogP contribution in [0.3, 0.4) is 0 Å². The minimum Gasteiger partial charge on any atom is -0.369 e. The molecule has 1 amide bonds. The topological polar surface area (TPSA) is 26.8 Å². The third kappa shape index (κ3) is 2.75. The molecule has 0 bridgehead atoms. The molecule has 2 aliphatic heterocycles. The summed E-state index contributed by atoms with van der Waals surface area (Å²) in [5.41, 5.74) is 2.85. The third-order valence-electron chi connectivity index (χ3n) is 5.55. The molecule has 27 heavy (non-hydrogen) atoms. The second-order valence-corrected chi connectivity index (χ2v) is 7.14. The fourth-order valence-corrected chi connectivity index (χ4v) is 4.12. The molecular formula is C22H20FN3O. The normalized spacial score (nSPS) is 17.1. The van der Waals surface area contributed by atoms with Crippen LogP contribution in [0.1, 0.15) is 10.4 Å². The smallest absolute Gasteiger partial charge is 0.260 e. The van der Waals surface area contributed by atoms with Gasteiger partial charge in [0.2, 0.25) is 0 Å². The predicted octanol–water partition coefficient (Wildman–Crippen LogP) is 3.72. The van der Waals surface area contributed by atoms with E-state index in [1.165, 1.54) is 12.1 Å². The maximum absolute atomic E-state index is 13.1. The summed E-state index contributed by atoms with van der Waals surface area (Å²) in [4.78, 5) is 19.4. The van der Waals surface area contributed by atoms with E-state index in [1.807, 2.05) is 41.3 Å². The number of halogens is 1. The molecule has 0 N–H and O–H groups in total. The average molecular weight is 361 g/mol. The van der Waals surface area contributed by atoms with Crippen LogP contribution >= 0.6 is 0 Å². The minimum absolute atomic E-state index is 0.0859. The summed E-state index contributed by atoms with van der Waals surface area (Å²) in [7, 11) is 0. The van der Waals surface area contributed by atoms with Gasteiger partial charge in [-0.05, 0) is 41.8 Å². The van der Waals surface area contributed by atoms with Crippen LogP contribution in [0.25, 0.3) is 10.8 Å². The Morgan fingerprint density at radius 3 is 2.30 bits per heavy atom. The number of benzene rings is 3. The summed E-state index contributed by atoms with van der Waals surface area (Å²) in [6.45, 7) is 4.07. The lowest BCUT2D eigenvalue weighted by molar-refractivity contribution is 0.0972. The molecule has 2 aliphatic rings. The molecule has 2 heterocycles. The Bertz CT molecular complexity index is 1000. The predicted molar refractivity (Wildman–Crippen MR) is 106 cm³/mol. The Morgan fingerprint density at radius 1 is 0.852 bits per heavy atom. The van der Waals surface area contributed by atoms with Crippen LogP contribution in [0, 0.1) is 5.82 Å². The maximum Gasteiger partial charge on any atom is 0.260 e. The Morgan fingerprint density at radius 2 is 1.56 bits per heavy atom. The number of carbonyl (C=O) groups excluding carboxylic acids is 1. The summed E-state index contributed by atoms with van der Waals surface area (Å²) in [6, 6.07) is 18.7. The van der Waals surface area contributed by atoms with E-state index in [4.69, 9.17) is 0 Å². The molecule has 0 aromatic heterocycles. The molecule has 4 nitrogen and oxygen atoms in total.